The van der Waals surface area contributed by atoms with E-state index in [2.05, 4.69) is 21.2 Å². The summed E-state index contributed by atoms with van der Waals surface area (Å²) < 4.78 is 0.490. The molecule has 0 aromatic heterocycles. The predicted octanol–water partition coefficient (Wildman–Crippen LogP) is 1.12. The van der Waals surface area contributed by atoms with E-state index >= 15 is 0 Å². The number of imide groups is 1. The van der Waals surface area contributed by atoms with Gasteiger partial charge in [-0.05, 0) is 40.5 Å². The average molecular weight is 341 g/mol. The largest absolute Gasteiger partial charge is 0.505 e. The summed E-state index contributed by atoms with van der Waals surface area (Å²) in [6.07, 6.45) is 1.15. The number of hydrogen-bond acceptors (Lipinski definition) is 5. The number of carbonyl (C=O) groups is 2. The Balaban J connectivity index is 2.26. The second-order valence-electron chi connectivity index (χ2n) is 4.34. The lowest BCUT2D eigenvalue weighted by Gasteiger charge is -2.14. The number of aryl methyl sites for hydroxylation is 1. The zero-order valence-corrected chi connectivity index (χ0v) is 12.3. The molecule has 0 unspecified atom stereocenters. The Morgan fingerprint density at radius 1 is 1.35 bits per heavy atom. The molecule has 0 radical (unpaired) electrons. The Kier molecular flexibility index (Phi) is 4.10. The Morgan fingerprint density at radius 2 is 2.05 bits per heavy atom. The summed E-state index contributed by atoms with van der Waals surface area (Å²) in [7, 11) is 0. The number of carbonyl (C=O) groups excluding carboxylic acids is 2. The summed E-state index contributed by atoms with van der Waals surface area (Å²) >= 11 is 3.21. The van der Waals surface area contributed by atoms with E-state index in [1.807, 2.05) is 6.92 Å². The van der Waals surface area contributed by atoms with Crippen molar-refractivity contribution in [3.05, 3.63) is 33.9 Å². The van der Waals surface area contributed by atoms with Crippen LogP contribution in [0, 0.1) is 6.92 Å². The van der Waals surface area contributed by atoms with Crippen LogP contribution < -0.4 is 5.32 Å². The molecular formula is C13H13BrN2O4. The number of anilines is 1. The normalized spacial score (nSPS) is 14.8. The molecule has 20 heavy (non-hydrogen) atoms. The monoisotopic (exact) mass is 340 g/mol. The highest BCUT2D eigenvalue weighted by Gasteiger charge is 2.31. The number of nitrogens with one attached hydrogen (secondary N) is 1. The van der Waals surface area contributed by atoms with E-state index in [0.717, 1.165) is 16.5 Å². The molecule has 2 rings (SSSR count). The maximum Gasteiger partial charge on any atom is 0.277 e. The fourth-order valence-corrected chi connectivity index (χ4v) is 2.46. The van der Waals surface area contributed by atoms with Gasteiger partial charge in [-0.15, -0.1) is 0 Å². The molecule has 1 aromatic rings. The number of benzene rings is 1. The van der Waals surface area contributed by atoms with Crippen LogP contribution in [-0.2, 0) is 9.59 Å². The lowest BCUT2D eigenvalue weighted by atomic mass is 10.2. The van der Waals surface area contributed by atoms with Crippen LogP contribution in [0.1, 0.15) is 5.56 Å². The molecular weight excluding hydrogens is 328 g/mol. The number of amides is 2. The van der Waals surface area contributed by atoms with E-state index in [0.29, 0.717) is 10.2 Å². The standard InChI is InChI=1S/C13H13BrN2O4/c1-7-4-8(14)12(19)9(5-7)15-10-6-11(18)16(2-3-17)13(10)20/h4-6,15,17,19H,2-3H2,1H3. The van der Waals surface area contributed by atoms with Crippen molar-refractivity contribution in [2.45, 2.75) is 6.92 Å². The number of phenols is 1. The van der Waals surface area contributed by atoms with Gasteiger partial charge in [-0.1, -0.05) is 0 Å². The molecule has 6 nitrogen and oxygen atoms in total. The van der Waals surface area contributed by atoms with Crippen LogP contribution in [0.15, 0.2) is 28.4 Å². The maximum atomic E-state index is 12.0. The molecule has 7 heteroatoms. The number of rotatable bonds is 4. The zero-order chi connectivity index (χ0) is 14.9. The van der Waals surface area contributed by atoms with Crippen molar-refractivity contribution in [1.29, 1.82) is 0 Å². The number of hydrogen-bond donors (Lipinski definition) is 3. The molecule has 0 spiro atoms. The van der Waals surface area contributed by atoms with Crippen LogP contribution in [0.4, 0.5) is 5.69 Å². The van der Waals surface area contributed by atoms with Crippen molar-refractivity contribution in [1.82, 2.24) is 4.90 Å². The second kappa shape index (κ2) is 5.64. The molecule has 0 saturated heterocycles. The van der Waals surface area contributed by atoms with Gasteiger partial charge in [-0.2, -0.15) is 0 Å². The van der Waals surface area contributed by atoms with Crippen LogP contribution >= 0.6 is 15.9 Å². The summed E-state index contributed by atoms with van der Waals surface area (Å²) in [6.45, 7) is 1.49. The molecule has 106 valence electrons. The first-order valence-electron chi connectivity index (χ1n) is 5.88. The molecule has 0 bridgehead atoms. The van der Waals surface area contributed by atoms with Gasteiger partial charge in [0.05, 0.1) is 23.3 Å². The Morgan fingerprint density at radius 3 is 2.70 bits per heavy atom. The Hall–Kier alpha value is -1.86. The molecule has 1 heterocycles. The second-order valence-corrected chi connectivity index (χ2v) is 5.20. The first kappa shape index (κ1) is 14.5. The number of β-amino-alcohol motifs (C(OH)–C–C–N with tert-alkyl or cyclic N) is 1. The van der Waals surface area contributed by atoms with Gasteiger partial charge in [0, 0.05) is 6.08 Å². The van der Waals surface area contributed by atoms with Gasteiger partial charge in [0.1, 0.15) is 5.70 Å². The fraction of sp³-hybridized carbons (Fsp3) is 0.231. The van der Waals surface area contributed by atoms with Gasteiger partial charge in [0.25, 0.3) is 11.8 Å². The van der Waals surface area contributed by atoms with Crippen molar-refractivity contribution in [2.75, 3.05) is 18.5 Å². The van der Waals surface area contributed by atoms with Gasteiger partial charge in [0.2, 0.25) is 0 Å². The Labute approximate surface area is 123 Å². The van der Waals surface area contributed by atoms with Gasteiger partial charge in [-0.3, -0.25) is 14.5 Å². The summed E-state index contributed by atoms with van der Waals surface area (Å²) in [5.41, 5.74) is 1.27. The van der Waals surface area contributed by atoms with Gasteiger partial charge < -0.3 is 15.5 Å². The van der Waals surface area contributed by atoms with E-state index in [-0.39, 0.29) is 24.6 Å². The van der Waals surface area contributed by atoms with E-state index in [4.69, 9.17) is 5.11 Å². The highest BCUT2D eigenvalue weighted by atomic mass is 79.9. The minimum absolute atomic E-state index is 0.0441. The topological polar surface area (TPSA) is 89.9 Å². The predicted molar refractivity (Wildman–Crippen MR) is 76.1 cm³/mol. The number of nitrogens with zero attached hydrogens (tertiary/aromatic N) is 1. The molecule has 2 amide bonds. The third-order valence-corrected chi connectivity index (χ3v) is 3.41. The number of phenolic OH excluding ortho intramolecular Hbond substituents is 1. The molecule has 0 aliphatic carbocycles. The highest BCUT2D eigenvalue weighted by Crippen LogP contribution is 2.34. The minimum Gasteiger partial charge on any atom is -0.505 e. The minimum atomic E-state index is -0.527. The summed E-state index contributed by atoms with van der Waals surface area (Å²) in [6, 6.07) is 3.39. The van der Waals surface area contributed by atoms with E-state index < -0.39 is 11.8 Å². The quantitative estimate of drug-likeness (QED) is 0.564. The Bertz CT molecular complexity index is 613. The van der Waals surface area contributed by atoms with Crippen molar-refractivity contribution in [2.24, 2.45) is 0 Å². The van der Waals surface area contributed by atoms with Crippen molar-refractivity contribution in [3.8, 4) is 5.75 Å². The fourth-order valence-electron chi connectivity index (χ4n) is 1.88. The number of aromatic hydroxyl groups is 1. The lowest BCUT2D eigenvalue weighted by Crippen LogP contribution is -2.34. The van der Waals surface area contributed by atoms with Crippen LogP contribution in [0.5, 0.6) is 5.75 Å². The van der Waals surface area contributed by atoms with E-state index in [9.17, 15) is 14.7 Å². The van der Waals surface area contributed by atoms with Crippen molar-refractivity contribution in [3.63, 3.8) is 0 Å². The van der Waals surface area contributed by atoms with E-state index in [1.165, 1.54) is 0 Å². The third-order valence-electron chi connectivity index (χ3n) is 2.81. The van der Waals surface area contributed by atoms with Crippen LogP contribution in [-0.4, -0.2) is 40.1 Å². The van der Waals surface area contributed by atoms with Gasteiger partial charge in [-0.25, -0.2) is 0 Å². The van der Waals surface area contributed by atoms with Gasteiger partial charge >= 0.3 is 0 Å². The van der Waals surface area contributed by atoms with Crippen LogP contribution in [0.2, 0.25) is 0 Å². The highest BCUT2D eigenvalue weighted by molar-refractivity contribution is 9.10. The molecule has 1 aromatic carbocycles. The van der Waals surface area contributed by atoms with Gasteiger partial charge in [0.15, 0.2) is 5.75 Å². The average Bonchev–Trinajstić information content (AvgIpc) is 2.63. The zero-order valence-electron chi connectivity index (χ0n) is 10.7. The smallest absolute Gasteiger partial charge is 0.277 e. The molecule has 0 saturated carbocycles. The van der Waals surface area contributed by atoms with E-state index in [1.54, 1.807) is 12.1 Å². The third kappa shape index (κ3) is 2.68. The number of halogens is 1. The first-order valence-corrected chi connectivity index (χ1v) is 6.68. The maximum absolute atomic E-state index is 12.0. The van der Waals surface area contributed by atoms with Crippen LogP contribution in [0.3, 0.4) is 0 Å². The molecule has 0 atom stereocenters. The summed E-state index contributed by atoms with van der Waals surface area (Å²) in [4.78, 5) is 24.5. The molecule has 1 aliphatic rings. The molecule has 1 aliphatic heterocycles. The summed E-state index contributed by atoms with van der Waals surface area (Å²) in [5.74, 6) is -1.06. The number of aliphatic hydroxyl groups excluding tert-OH is 1. The van der Waals surface area contributed by atoms with Crippen molar-refractivity contribution >= 4 is 33.4 Å². The SMILES string of the molecule is Cc1cc(Br)c(O)c(NC2=CC(=O)N(CCO)C2=O)c1. The number of aliphatic hydroxyl groups is 1. The van der Waals surface area contributed by atoms with Crippen molar-refractivity contribution < 1.29 is 19.8 Å². The summed E-state index contributed by atoms with van der Waals surface area (Å²) in [5, 5.41) is 21.5. The first-order chi connectivity index (χ1) is 9.43. The van der Waals surface area contributed by atoms with Crippen LogP contribution in [0.25, 0.3) is 0 Å². The lowest BCUT2D eigenvalue weighted by molar-refractivity contribution is -0.137. The molecule has 3 N–H and O–H groups in total. The molecule has 0 fully saturated rings.